The zero-order chi connectivity index (χ0) is 7.84. The number of halogens is 1. The van der Waals surface area contributed by atoms with Gasteiger partial charge in [0, 0.05) is 6.07 Å². The third-order valence-electron chi connectivity index (χ3n) is 1.45. The summed E-state index contributed by atoms with van der Waals surface area (Å²) in [6.07, 6.45) is 0. The summed E-state index contributed by atoms with van der Waals surface area (Å²) in [5.74, 6) is 0.626. The number of hydrogen-bond donors (Lipinski definition) is 1. The van der Waals surface area contributed by atoms with Crippen molar-refractivity contribution in [1.82, 2.24) is 0 Å². The van der Waals surface area contributed by atoms with E-state index < -0.39 is 0 Å². The Morgan fingerprint density at radius 2 is 2.27 bits per heavy atom. The number of benzene rings is 1. The summed E-state index contributed by atoms with van der Waals surface area (Å²) in [6, 6.07) is 4.30. The van der Waals surface area contributed by atoms with Crippen molar-refractivity contribution in [2.24, 2.45) is 0 Å². The first-order chi connectivity index (χ1) is 5.25. The van der Waals surface area contributed by atoms with Gasteiger partial charge in [-0.3, -0.25) is 0 Å². The molecule has 0 aromatic heterocycles. The van der Waals surface area contributed by atoms with Crippen LogP contribution in [0.5, 0.6) is 5.75 Å². The Morgan fingerprint density at radius 1 is 1.45 bits per heavy atom. The van der Waals surface area contributed by atoms with E-state index >= 15 is 0 Å². The number of anilines is 1. The molecule has 0 saturated heterocycles. The third-order valence-corrected chi connectivity index (χ3v) is 1.45. The molecule has 0 atom stereocenters. The van der Waals surface area contributed by atoms with Crippen LogP contribution in [0.25, 0.3) is 0 Å². The largest absolute Gasteiger partial charge is 0.439 e. The highest BCUT2D eigenvalue weighted by Crippen LogP contribution is 2.32. The van der Waals surface area contributed by atoms with Crippen LogP contribution >= 0.6 is 0 Å². The van der Waals surface area contributed by atoms with Gasteiger partial charge in [-0.1, -0.05) is 0 Å². The molecule has 0 saturated carbocycles. The molecule has 0 radical (unpaired) electrons. The minimum absolute atomic E-state index is 0.305. The highest BCUT2D eigenvalue weighted by atomic mass is 19.1. The van der Waals surface area contributed by atoms with E-state index in [1.807, 2.05) is 0 Å². The fraction of sp³-hybridized carbons (Fsp3) is 0. The summed E-state index contributed by atoms with van der Waals surface area (Å²) >= 11 is 0. The molecular weight excluding hydrogens is 145 g/mol. The molecule has 0 aliphatic carbocycles. The molecule has 0 bridgehead atoms. The van der Waals surface area contributed by atoms with Crippen LogP contribution in [0.3, 0.4) is 0 Å². The first kappa shape index (κ1) is 6.22. The second-order valence-corrected chi connectivity index (χ2v) is 2.29. The SMILES string of the molecule is C=C1Nc2ccc(F)cc2O1. The van der Waals surface area contributed by atoms with Crippen LogP contribution in [0, 0.1) is 5.82 Å². The summed E-state index contributed by atoms with van der Waals surface area (Å²) < 4.78 is 17.6. The van der Waals surface area contributed by atoms with E-state index in [0.29, 0.717) is 11.6 Å². The van der Waals surface area contributed by atoms with Crippen molar-refractivity contribution >= 4 is 5.69 Å². The average Bonchev–Trinajstić information content (AvgIpc) is 2.27. The Bertz CT molecular complexity index is 322. The molecular formula is C8H6FNO. The molecule has 0 fully saturated rings. The Morgan fingerprint density at radius 3 is 3.09 bits per heavy atom. The van der Waals surface area contributed by atoms with E-state index in [0.717, 1.165) is 5.69 Å². The van der Waals surface area contributed by atoms with Crippen LogP contribution in [-0.2, 0) is 0 Å². The molecule has 1 N–H and O–H groups in total. The third kappa shape index (κ3) is 0.941. The smallest absolute Gasteiger partial charge is 0.190 e. The standard InChI is InChI=1S/C8H6FNO/c1-5-10-7-3-2-6(9)4-8(7)11-5/h2-4,10H,1H2. The van der Waals surface area contributed by atoms with Gasteiger partial charge in [-0.25, -0.2) is 4.39 Å². The maximum Gasteiger partial charge on any atom is 0.190 e. The first-order valence-electron chi connectivity index (χ1n) is 3.19. The number of ether oxygens (including phenoxy) is 1. The zero-order valence-electron chi connectivity index (χ0n) is 5.73. The Balaban J connectivity index is 2.51. The molecule has 1 aliphatic rings. The molecule has 0 unspecified atom stereocenters. The molecule has 2 rings (SSSR count). The maximum atomic E-state index is 12.6. The minimum atomic E-state index is -0.305. The van der Waals surface area contributed by atoms with Gasteiger partial charge < -0.3 is 10.1 Å². The number of nitrogens with one attached hydrogen (secondary N) is 1. The van der Waals surface area contributed by atoms with Crippen molar-refractivity contribution in [2.45, 2.75) is 0 Å². The van der Waals surface area contributed by atoms with Gasteiger partial charge in [-0.15, -0.1) is 0 Å². The molecule has 1 aliphatic heterocycles. The van der Waals surface area contributed by atoms with Gasteiger partial charge in [0.15, 0.2) is 11.6 Å². The van der Waals surface area contributed by atoms with E-state index in [1.165, 1.54) is 12.1 Å². The van der Waals surface area contributed by atoms with E-state index in [9.17, 15) is 4.39 Å². The molecule has 1 aromatic rings. The summed E-state index contributed by atoms with van der Waals surface area (Å²) in [4.78, 5) is 0. The quantitative estimate of drug-likeness (QED) is 0.613. The van der Waals surface area contributed by atoms with Crippen molar-refractivity contribution in [3.8, 4) is 5.75 Å². The predicted octanol–water partition coefficient (Wildman–Crippen LogP) is 2.10. The summed E-state index contributed by atoms with van der Waals surface area (Å²) in [5.41, 5.74) is 0.761. The number of fused-ring (bicyclic) bond motifs is 1. The molecule has 0 spiro atoms. The van der Waals surface area contributed by atoms with Crippen LogP contribution in [-0.4, -0.2) is 0 Å². The van der Waals surface area contributed by atoms with E-state index in [4.69, 9.17) is 4.74 Å². The monoisotopic (exact) mass is 151 g/mol. The first-order valence-corrected chi connectivity index (χ1v) is 3.19. The molecule has 56 valence electrons. The van der Waals surface area contributed by atoms with Gasteiger partial charge in [0.25, 0.3) is 0 Å². The van der Waals surface area contributed by atoms with Crippen LogP contribution in [0.15, 0.2) is 30.7 Å². The van der Waals surface area contributed by atoms with Gasteiger partial charge in [-0.05, 0) is 18.7 Å². The fourth-order valence-electron chi connectivity index (χ4n) is 0.992. The van der Waals surface area contributed by atoms with Gasteiger partial charge in [-0.2, -0.15) is 0 Å². The molecule has 1 aromatic carbocycles. The fourth-order valence-corrected chi connectivity index (χ4v) is 0.992. The zero-order valence-corrected chi connectivity index (χ0v) is 5.73. The predicted molar refractivity (Wildman–Crippen MR) is 39.8 cm³/mol. The molecule has 2 nitrogen and oxygen atoms in total. The summed E-state index contributed by atoms with van der Waals surface area (Å²) in [6.45, 7) is 3.54. The van der Waals surface area contributed by atoms with Crippen LogP contribution in [0.1, 0.15) is 0 Å². The second-order valence-electron chi connectivity index (χ2n) is 2.29. The second kappa shape index (κ2) is 1.99. The minimum Gasteiger partial charge on any atom is -0.439 e. The Hall–Kier alpha value is -1.51. The van der Waals surface area contributed by atoms with Gasteiger partial charge in [0.2, 0.25) is 0 Å². The van der Waals surface area contributed by atoms with Gasteiger partial charge in [0.1, 0.15) is 5.82 Å². The van der Waals surface area contributed by atoms with Crippen molar-refractivity contribution in [3.05, 3.63) is 36.5 Å². The molecule has 1 heterocycles. The van der Waals surface area contributed by atoms with E-state index in [-0.39, 0.29) is 5.82 Å². The van der Waals surface area contributed by atoms with Gasteiger partial charge in [0.05, 0.1) is 5.69 Å². The highest BCUT2D eigenvalue weighted by Gasteiger charge is 2.14. The lowest BCUT2D eigenvalue weighted by atomic mass is 10.3. The number of hydrogen-bond acceptors (Lipinski definition) is 2. The van der Waals surface area contributed by atoms with Crippen molar-refractivity contribution < 1.29 is 9.13 Å². The lowest BCUT2D eigenvalue weighted by molar-refractivity contribution is 0.456. The van der Waals surface area contributed by atoms with Crippen molar-refractivity contribution in [2.75, 3.05) is 5.32 Å². The van der Waals surface area contributed by atoms with Gasteiger partial charge >= 0.3 is 0 Å². The van der Waals surface area contributed by atoms with E-state index in [1.54, 1.807) is 6.07 Å². The highest BCUT2D eigenvalue weighted by molar-refractivity contribution is 5.63. The normalized spacial score (nSPS) is 13.7. The lowest BCUT2D eigenvalue weighted by Crippen LogP contribution is -1.92. The Labute approximate surface area is 63.3 Å². The summed E-state index contributed by atoms with van der Waals surface area (Å²) in [5, 5.41) is 2.84. The molecule has 3 heteroatoms. The topological polar surface area (TPSA) is 21.3 Å². The van der Waals surface area contributed by atoms with Crippen molar-refractivity contribution in [1.29, 1.82) is 0 Å². The molecule has 11 heavy (non-hydrogen) atoms. The van der Waals surface area contributed by atoms with E-state index in [2.05, 4.69) is 11.9 Å². The van der Waals surface area contributed by atoms with Crippen LogP contribution < -0.4 is 10.1 Å². The van der Waals surface area contributed by atoms with Crippen LogP contribution in [0.4, 0.5) is 10.1 Å². The van der Waals surface area contributed by atoms with Crippen molar-refractivity contribution in [3.63, 3.8) is 0 Å². The van der Waals surface area contributed by atoms with Crippen LogP contribution in [0.2, 0.25) is 0 Å². The average molecular weight is 151 g/mol. The Kier molecular flexibility index (Phi) is 1.12. The lowest BCUT2D eigenvalue weighted by Gasteiger charge is -1.93. The maximum absolute atomic E-state index is 12.6. The summed E-state index contributed by atoms with van der Waals surface area (Å²) in [7, 11) is 0. The number of rotatable bonds is 0. The molecule has 0 amide bonds.